The van der Waals surface area contributed by atoms with Gasteiger partial charge in [-0.05, 0) is 6.07 Å². The van der Waals surface area contributed by atoms with Crippen molar-refractivity contribution in [3.05, 3.63) is 67.8 Å². The predicted molar refractivity (Wildman–Crippen MR) is 130 cm³/mol. The smallest absolute Gasteiger partial charge is 0.240 e. The Morgan fingerprint density at radius 1 is 0.545 bits per heavy atom. The predicted octanol–water partition coefficient (Wildman–Crippen LogP) is 12.1. The summed E-state index contributed by atoms with van der Waals surface area (Å²) in [5.41, 5.74) is -4.34. The SMILES string of the molecule is Fc1c(-c2c(Cl)c(Cl)c(Cl)c(Cl)c2Cl)cc(C(F)(F)F)nc1-c1c(Cl)c(Cl)c(Cl)c(Cl)c1Cl. The van der Waals surface area contributed by atoms with Gasteiger partial charge in [-0.1, -0.05) is 116 Å². The van der Waals surface area contributed by atoms with Gasteiger partial charge in [-0.15, -0.1) is 0 Å². The molecule has 0 bridgehead atoms. The Hall–Kier alpha value is 0.210. The maximum Gasteiger partial charge on any atom is 0.433 e. The van der Waals surface area contributed by atoms with Gasteiger partial charge in [-0.2, -0.15) is 13.2 Å². The molecule has 0 saturated carbocycles. The van der Waals surface area contributed by atoms with E-state index in [9.17, 15) is 13.2 Å². The third-order valence-electron chi connectivity index (χ3n) is 4.17. The minimum atomic E-state index is -5.06. The molecule has 1 heterocycles. The van der Waals surface area contributed by atoms with Crippen LogP contribution in [0.15, 0.2) is 6.07 Å². The molecule has 176 valence electrons. The van der Waals surface area contributed by atoms with Gasteiger partial charge in [0, 0.05) is 16.7 Å². The summed E-state index contributed by atoms with van der Waals surface area (Å²) < 4.78 is 56.8. The molecule has 33 heavy (non-hydrogen) atoms. The highest BCUT2D eigenvalue weighted by Gasteiger charge is 2.37. The molecule has 0 saturated heterocycles. The summed E-state index contributed by atoms with van der Waals surface area (Å²) in [6.07, 6.45) is -5.06. The molecule has 0 amide bonds. The first-order chi connectivity index (χ1) is 15.1. The van der Waals surface area contributed by atoms with Crippen molar-refractivity contribution in [3.63, 3.8) is 0 Å². The minimum Gasteiger partial charge on any atom is -0.240 e. The maximum atomic E-state index is 15.8. The van der Waals surface area contributed by atoms with Crippen LogP contribution in [0.5, 0.6) is 0 Å². The molecular formula is C18HCl10F4N. The van der Waals surface area contributed by atoms with Crippen molar-refractivity contribution < 1.29 is 17.6 Å². The van der Waals surface area contributed by atoms with Crippen molar-refractivity contribution in [1.82, 2.24) is 4.98 Å². The van der Waals surface area contributed by atoms with Gasteiger partial charge in [-0.3, -0.25) is 0 Å². The van der Waals surface area contributed by atoms with Crippen LogP contribution in [0.25, 0.3) is 22.4 Å². The second kappa shape index (κ2) is 9.93. The van der Waals surface area contributed by atoms with Crippen LogP contribution in [-0.2, 0) is 6.18 Å². The molecule has 15 heteroatoms. The molecule has 0 unspecified atom stereocenters. The lowest BCUT2D eigenvalue weighted by Gasteiger charge is -2.19. The highest BCUT2D eigenvalue weighted by Crippen LogP contribution is 2.52. The number of hydrogen-bond donors (Lipinski definition) is 0. The van der Waals surface area contributed by atoms with Crippen LogP contribution in [0.3, 0.4) is 0 Å². The third kappa shape index (κ3) is 4.81. The van der Waals surface area contributed by atoms with E-state index in [0.29, 0.717) is 6.07 Å². The van der Waals surface area contributed by atoms with E-state index in [2.05, 4.69) is 4.98 Å². The Bertz CT molecular complexity index is 1170. The van der Waals surface area contributed by atoms with E-state index in [1.54, 1.807) is 0 Å². The summed E-state index contributed by atoms with van der Waals surface area (Å²) >= 11 is 60.3. The van der Waals surface area contributed by atoms with Crippen LogP contribution in [0.1, 0.15) is 5.69 Å². The van der Waals surface area contributed by atoms with Crippen molar-refractivity contribution in [2.24, 2.45) is 0 Å². The average molecular weight is 662 g/mol. The normalized spacial score (nSPS) is 11.9. The maximum absolute atomic E-state index is 15.8. The van der Waals surface area contributed by atoms with E-state index in [1.165, 1.54) is 0 Å². The zero-order chi connectivity index (χ0) is 25.2. The van der Waals surface area contributed by atoms with Crippen molar-refractivity contribution >= 4 is 116 Å². The largest absolute Gasteiger partial charge is 0.433 e. The Labute approximate surface area is 233 Å². The summed E-state index contributed by atoms with van der Waals surface area (Å²) in [5, 5.41) is -4.06. The van der Waals surface area contributed by atoms with Gasteiger partial charge < -0.3 is 0 Å². The first-order valence-electron chi connectivity index (χ1n) is 7.92. The van der Waals surface area contributed by atoms with Crippen LogP contribution >= 0.6 is 116 Å². The Kier molecular flexibility index (Phi) is 8.36. The third-order valence-corrected chi connectivity index (χ3v) is 8.73. The van der Waals surface area contributed by atoms with Crippen LogP contribution in [-0.4, -0.2) is 4.98 Å². The summed E-state index contributed by atoms with van der Waals surface area (Å²) in [7, 11) is 0. The Morgan fingerprint density at radius 2 is 0.879 bits per heavy atom. The van der Waals surface area contributed by atoms with E-state index < -0.39 is 70.2 Å². The number of halogens is 14. The standard InChI is InChI=1S/C18HCl10F4N/c19-6-4(7(20)11(24)14(27)10(6)23)2-1-3(18(30,31)32)33-17(16(2)29)5-8(21)12(25)15(28)13(26)9(5)22/h1H. The molecule has 0 spiro atoms. The molecule has 0 fully saturated rings. The van der Waals surface area contributed by atoms with E-state index in [1.807, 2.05) is 0 Å². The lowest BCUT2D eigenvalue weighted by Crippen LogP contribution is -2.11. The van der Waals surface area contributed by atoms with Crippen LogP contribution < -0.4 is 0 Å². The van der Waals surface area contributed by atoms with Gasteiger partial charge in [-0.25, -0.2) is 9.37 Å². The quantitative estimate of drug-likeness (QED) is 0.151. The van der Waals surface area contributed by atoms with Crippen LogP contribution in [0, 0.1) is 5.82 Å². The lowest BCUT2D eigenvalue weighted by atomic mass is 10.00. The van der Waals surface area contributed by atoms with Crippen molar-refractivity contribution in [2.45, 2.75) is 6.18 Å². The molecule has 0 radical (unpaired) electrons. The lowest BCUT2D eigenvalue weighted by molar-refractivity contribution is -0.141. The monoisotopic (exact) mass is 657 g/mol. The Balaban J connectivity index is 2.56. The summed E-state index contributed by atoms with van der Waals surface area (Å²) in [6.45, 7) is 0. The second-order valence-electron chi connectivity index (χ2n) is 6.11. The van der Waals surface area contributed by atoms with E-state index in [0.717, 1.165) is 0 Å². The van der Waals surface area contributed by atoms with Gasteiger partial charge in [0.15, 0.2) is 5.82 Å². The zero-order valence-electron chi connectivity index (χ0n) is 14.8. The number of hydrogen-bond acceptors (Lipinski definition) is 1. The number of aromatic nitrogens is 1. The second-order valence-corrected chi connectivity index (χ2v) is 9.88. The van der Waals surface area contributed by atoms with Crippen LogP contribution in [0.2, 0.25) is 50.2 Å². The zero-order valence-corrected chi connectivity index (χ0v) is 22.4. The van der Waals surface area contributed by atoms with Crippen molar-refractivity contribution in [3.8, 4) is 22.4 Å². The minimum absolute atomic E-state index is 0.287. The first-order valence-corrected chi connectivity index (χ1v) is 11.7. The number of rotatable bonds is 2. The molecule has 0 atom stereocenters. The molecule has 0 aliphatic heterocycles. The molecular weight excluding hydrogens is 661 g/mol. The topological polar surface area (TPSA) is 12.9 Å². The van der Waals surface area contributed by atoms with Gasteiger partial charge in [0.1, 0.15) is 11.4 Å². The molecule has 0 N–H and O–H groups in total. The number of alkyl halides is 3. The van der Waals surface area contributed by atoms with Crippen LogP contribution in [0.4, 0.5) is 17.6 Å². The highest BCUT2D eigenvalue weighted by molar-refractivity contribution is 6.57. The highest BCUT2D eigenvalue weighted by atomic mass is 35.5. The molecule has 1 aromatic heterocycles. The van der Waals surface area contributed by atoms with Crippen molar-refractivity contribution in [1.29, 1.82) is 0 Å². The van der Waals surface area contributed by atoms with E-state index in [-0.39, 0.29) is 20.1 Å². The Morgan fingerprint density at radius 3 is 1.24 bits per heavy atom. The van der Waals surface area contributed by atoms with E-state index >= 15 is 4.39 Å². The molecule has 3 rings (SSSR count). The fraction of sp³-hybridized carbons (Fsp3) is 0.0556. The first kappa shape index (κ1) is 27.8. The fourth-order valence-electron chi connectivity index (χ4n) is 2.68. The molecule has 0 aliphatic rings. The van der Waals surface area contributed by atoms with Crippen molar-refractivity contribution in [2.75, 3.05) is 0 Å². The summed E-state index contributed by atoms with van der Waals surface area (Å²) in [5.74, 6) is -1.38. The number of pyridine rings is 1. The average Bonchev–Trinajstić information content (AvgIpc) is 2.75. The summed E-state index contributed by atoms with van der Waals surface area (Å²) in [4.78, 5) is 3.35. The number of nitrogens with zero attached hydrogens (tertiary/aromatic N) is 1. The van der Waals surface area contributed by atoms with Gasteiger partial charge in [0.05, 0.1) is 50.2 Å². The molecule has 1 nitrogen and oxygen atoms in total. The summed E-state index contributed by atoms with van der Waals surface area (Å²) in [6, 6.07) is 0.355. The van der Waals surface area contributed by atoms with Gasteiger partial charge in [0.2, 0.25) is 0 Å². The fourth-order valence-corrected chi connectivity index (χ4v) is 5.34. The molecule has 2 aromatic carbocycles. The molecule has 3 aromatic rings. The number of benzene rings is 2. The van der Waals surface area contributed by atoms with Gasteiger partial charge in [0.25, 0.3) is 0 Å². The van der Waals surface area contributed by atoms with E-state index in [4.69, 9.17) is 116 Å². The van der Waals surface area contributed by atoms with Gasteiger partial charge >= 0.3 is 6.18 Å². The molecule has 0 aliphatic carbocycles.